The van der Waals surface area contributed by atoms with E-state index in [1.54, 1.807) is 6.07 Å². The highest BCUT2D eigenvalue weighted by molar-refractivity contribution is 6.11. The quantitative estimate of drug-likeness (QED) is 0.505. The van der Waals surface area contributed by atoms with Crippen molar-refractivity contribution in [1.29, 1.82) is 0 Å². The van der Waals surface area contributed by atoms with E-state index in [4.69, 9.17) is 0 Å². The van der Waals surface area contributed by atoms with Gasteiger partial charge in [-0.15, -0.1) is 0 Å². The van der Waals surface area contributed by atoms with Gasteiger partial charge < -0.3 is 10.1 Å². The van der Waals surface area contributed by atoms with Crippen LogP contribution < -0.4 is 5.56 Å². The molecule has 0 bridgehead atoms. The van der Waals surface area contributed by atoms with Crippen molar-refractivity contribution in [3.63, 3.8) is 0 Å². The standard InChI is InChI=1S/C14H9NO3/c16-7-10-13(17)12-9-4-2-1-3-8(9)5-6-11(12)15-14(10)18/h1-7H,(H2,15,17,18). The number of carbonyl (C=O) groups is 1. The average Bonchev–Trinajstić information content (AvgIpc) is 2.38. The minimum Gasteiger partial charge on any atom is -0.506 e. The zero-order valence-corrected chi connectivity index (χ0v) is 9.31. The lowest BCUT2D eigenvalue weighted by atomic mass is 10.0. The van der Waals surface area contributed by atoms with Crippen molar-refractivity contribution in [2.24, 2.45) is 0 Å². The van der Waals surface area contributed by atoms with Crippen molar-refractivity contribution in [2.45, 2.75) is 0 Å². The normalized spacial score (nSPS) is 10.9. The maximum Gasteiger partial charge on any atom is 0.262 e. The molecule has 0 aliphatic heterocycles. The molecule has 0 saturated heterocycles. The minimum absolute atomic E-state index is 0.237. The summed E-state index contributed by atoms with van der Waals surface area (Å²) in [6.07, 6.45) is 0.370. The van der Waals surface area contributed by atoms with Crippen LogP contribution in [0.4, 0.5) is 0 Å². The molecule has 88 valence electrons. The Morgan fingerprint density at radius 3 is 2.67 bits per heavy atom. The Morgan fingerprint density at radius 1 is 1.11 bits per heavy atom. The van der Waals surface area contributed by atoms with Crippen molar-refractivity contribution >= 4 is 28.0 Å². The molecule has 0 unspecified atom stereocenters. The Morgan fingerprint density at radius 2 is 1.89 bits per heavy atom. The van der Waals surface area contributed by atoms with Gasteiger partial charge >= 0.3 is 0 Å². The molecule has 0 amide bonds. The molecule has 0 atom stereocenters. The topological polar surface area (TPSA) is 70.2 Å². The Labute approximate surface area is 101 Å². The molecule has 0 aliphatic carbocycles. The van der Waals surface area contributed by atoms with Crippen LogP contribution in [0.2, 0.25) is 0 Å². The summed E-state index contributed by atoms with van der Waals surface area (Å²) in [7, 11) is 0. The van der Waals surface area contributed by atoms with Crippen LogP contribution in [-0.4, -0.2) is 16.4 Å². The maximum absolute atomic E-state index is 11.6. The molecule has 18 heavy (non-hydrogen) atoms. The number of aromatic nitrogens is 1. The molecule has 2 N–H and O–H groups in total. The second-order valence-electron chi connectivity index (χ2n) is 4.04. The molecule has 4 heteroatoms. The van der Waals surface area contributed by atoms with Gasteiger partial charge in [0.1, 0.15) is 11.3 Å². The lowest BCUT2D eigenvalue weighted by Crippen LogP contribution is -2.12. The van der Waals surface area contributed by atoms with E-state index in [0.717, 1.165) is 10.8 Å². The van der Waals surface area contributed by atoms with Crippen LogP contribution in [0.1, 0.15) is 10.4 Å². The Kier molecular flexibility index (Phi) is 2.16. The number of benzene rings is 2. The second kappa shape index (κ2) is 3.70. The van der Waals surface area contributed by atoms with E-state index in [-0.39, 0.29) is 11.3 Å². The molecule has 0 saturated carbocycles. The SMILES string of the molecule is O=Cc1c(O)c2c(ccc3ccccc32)[nH]c1=O. The number of H-pyrrole nitrogens is 1. The molecule has 2 aromatic carbocycles. The highest BCUT2D eigenvalue weighted by Gasteiger charge is 2.13. The van der Waals surface area contributed by atoms with E-state index in [2.05, 4.69) is 4.98 Å². The number of aldehydes is 1. The molecule has 1 heterocycles. The lowest BCUT2D eigenvalue weighted by Gasteiger charge is -2.06. The lowest BCUT2D eigenvalue weighted by molar-refractivity contribution is 0.112. The van der Waals surface area contributed by atoms with E-state index >= 15 is 0 Å². The van der Waals surface area contributed by atoms with Crippen LogP contribution in [0.25, 0.3) is 21.7 Å². The minimum atomic E-state index is -0.578. The van der Waals surface area contributed by atoms with Crippen molar-refractivity contribution < 1.29 is 9.90 Å². The molecule has 0 spiro atoms. The average molecular weight is 239 g/mol. The zero-order valence-electron chi connectivity index (χ0n) is 9.31. The molecule has 3 rings (SSSR count). The van der Waals surface area contributed by atoms with Gasteiger partial charge in [0.05, 0.1) is 5.52 Å². The number of nitrogens with one attached hydrogen (secondary N) is 1. The van der Waals surface area contributed by atoms with Gasteiger partial charge in [-0.05, 0) is 16.8 Å². The van der Waals surface area contributed by atoms with Crippen molar-refractivity contribution in [1.82, 2.24) is 4.98 Å². The van der Waals surface area contributed by atoms with Gasteiger partial charge in [0.2, 0.25) is 0 Å². The predicted molar refractivity (Wildman–Crippen MR) is 69.1 cm³/mol. The van der Waals surface area contributed by atoms with Crippen LogP contribution in [0, 0.1) is 0 Å². The highest BCUT2D eigenvalue weighted by Crippen LogP contribution is 2.31. The summed E-state index contributed by atoms with van der Waals surface area (Å²) in [5.41, 5.74) is -0.300. The fourth-order valence-corrected chi connectivity index (χ4v) is 2.17. The van der Waals surface area contributed by atoms with Crippen LogP contribution in [0.15, 0.2) is 41.2 Å². The summed E-state index contributed by atoms with van der Waals surface area (Å²) in [6, 6.07) is 11.0. The number of pyridine rings is 1. The Hall–Kier alpha value is -2.62. The van der Waals surface area contributed by atoms with Crippen LogP contribution in [0.3, 0.4) is 0 Å². The Balaban J connectivity index is 2.65. The van der Waals surface area contributed by atoms with E-state index in [1.165, 1.54) is 0 Å². The van der Waals surface area contributed by atoms with Gasteiger partial charge in [-0.1, -0.05) is 30.3 Å². The molecular weight excluding hydrogens is 230 g/mol. The van der Waals surface area contributed by atoms with Gasteiger partial charge in [-0.2, -0.15) is 0 Å². The summed E-state index contributed by atoms with van der Waals surface area (Å²) in [4.78, 5) is 25.0. The molecule has 0 radical (unpaired) electrons. The number of hydrogen-bond donors (Lipinski definition) is 2. The van der Waals surface area contributed by atoms with Gasteiger partial charge in [0, 0.05) is 5.39 Å². The summed E-state index contributed by atoms with van der Waals surface area (Å²) in [5.74, 6) is -0.263. The summed E-state index contributed by atoms with van der Waals surface area (Å²) in [6.45, 7) is 0. The van der Waals surface area contributed by atoms with Gasteiger partial charge in [0.25, 0.3) is 5.56 Å². The summed E-state index contributed by atoms with van der Waals surface area (Å²) < 4.78 is 0. The first-order valence-electron chi connectivity index (χ1n) is 5.44. The van der Waals surface area contributed by atoms with Crippen LogP contribution in [0.5, 0.6) is 5.75 Å². The number of carbonyl (C=O) groups excluding carboxylic acids is 1. The second-order valence-corrected chi connectivity index (χ2v) is 4.04. The maximum atomic E-state index is 11.6. The fourth-order valence-electron chi connectivity index (χ4n) is 2.17. The van der Waals surface area contributed by atoms with E-state index < -0.39 is 5.56 Å². The molecule has 4 nitrogen and oxygen atoms in total. The largest absolute Gasteiger partial charge is 0.506 e. The number of hydrogen-bond acceptors (Lipinski definition) is 3. The zero-order chi connectivity index (χ0) is 12.7. The van der Waals surface area contributed by atoms with Crippen molar-refractivity contribution in [3.8, 4) is 5.75 Å². The predicted octanol–water partition coefficient (Wildman–Crippen LogP) is 2.20. The van der Waals surface area contributed by atoms with E-state index in [1.807, 2.05) is 30.3 Å². The van der Waals surface area contributed by atoms with Gasteiger partial charge in [-0.3, -0.25) is 9.59 Å². The van der Waals surface area contributed by atoms with E-state index in [9.17, 15) is 14.7 Å². The molecule has 1 aromatic heterocycles. The fraction of sp³-hybridized carbons (Fsp3) is 0. The van der Waals surface area contributed by atoms with Crippen molar-refractivity contribution in [3.05, 3.63) is 52.3 Å². The first kappa shape index (κ1) is 10.5. The smallest absolute Gasteiger partial charge is 0.262 e. The van der Waals surface area contributed by atoms with Gasteiger partial charge in [0.15, 0.2) is 6.29 Å². The third-order valence-corrected chi connectivity index (χ3v) is 3.03. The van der Waals surface area contributed by atoms with Crippen LogP contribution >= 0.6 is 0 Å². The summed E-state index contributed by atoms with van der Waals surface area (Å²) in [5, 5.41) is 12.3. The van der Waals surface area contributed by atoms with Crippen LogP contribution in [-0.2, 0) is 0 Å². The number of rotatable bonds is 1. The highest BCUT2D eigenvalue weighted by atomic mass is 16.3. The first-order chi connectivity index (χ1) is 8.72. The summed E-state index contributed by atoms with van der Waals surface area (Å²) >= 11 is 0. The molecule has 0 aliphatic rings. The first-order valence-corrected chi connectivity index (χ1v) is 5.44. The van der Waals surface area contributed by atoms with Gasteiger partial charge in [-0.25, -0.2) is 0 Å². The molecule has 3 aromatic rings. The molecule has 0 fully saturated rings. The third kappa shape index (κ3) is 1.32. The number of fused-ring (bicyclic) bond motifs is 3. The van der Waals surface area contributed by atoms with Crippen molar-refractivity contribution in [2.75, 3.05) is 0 Å². The monoisotopic (exact) mass is 239 g/mol. The number of aromatic amines is 1. The van der Waals surface area contributed by atoms with E-state index in [0.29, 0.717) is 17.2 Å². The number of aromatic hydroxyl groups is 1. The Bertz CT molecular complexity index is 833. The molecular formula is C14H9NO3. The third-order valence-electron chi connectivity index (χ3n) is 3.03.